The van der Waals surface area contributed by atoms with Gasteiger partial charge in [-0.05, 0) is 48.9 Å². The minimum absolute atomic E-state index is 0.0319. The maximum Gasteiger partial charge on any atom is 0.251 e. The molecule has 4 heteroatoms. The molecule has 0 radical (unpaired) electrons. The molecule has 19 heavy (non-hydrogen) atoms. The van der Waals surface area contributed by atoms with Gasteiger partial charge in [-0.15, -0.1) is 11.6 Å². The average molecular weight is 300 g/mol. The SMILES string of the molecule is O=C(NCC1CCCCC1CCl)c1ccc(Cl)cc1. The van der Waals surface area contributed by atoms with E-state index < -0.39 is 0 Å². The predicted octanol–water partition coefficient (Wildman–Crippen LogP) is 4.12. The lowest BCUT2D eigenvalue weighted by Gasteiger charge is -2.30. The Morgan fingerprint density at radius 3 is 2.42 bits per heavy atom. The first-order valence-corrected chi connectivity index (χ1v) is 7.71. The zero-order chi connectivity index (χ0) is 13.7. The van der Waals surface area contributed by atoms with Crippen LogP contribution in [0.1, 0.15) is 36.0 Å². The van der Waals surface area contributed by atoms with Crippen LogP contribution in [0.25, 0.3) is 0 Å². The molecule has 1 aliphatic rings. The number of amides is 1. The van der Waals surface area contributed by atoms with Crippen LogP contribution in [0.4, 0.5) is 0 Å². The van der Waals surface area contributed by atoms with Gasteiger partial charge in [-0.1, -0.05) is 24.4 Å². The van der Waals surface area contributed by atoms with Gasteiger partial charge in [-0.2, -0.15) is 0 Å². The highest BCUT2D eigenvalue weighted by Crippen LogP contribution is 2.30. The Morgan fingerprint density at radius 1 is 1.16 bits per heavy atom. The molecule has 0 heterocycles. The molecule has 2 rings (SSSR count). The first-order chi connectivity index (χ1) is 9.20. The number of carbonyl (C=O) groups excluding carboxylic acids is 1. The van der Waals surface area contributed by atoms with Crippen LogP contribution in [0.3, 0.4) is 0 Å². The van der Waals surface area contributed by atoms with E-state index in [9.17, 15) is 4.79 Å². The zero-order valence-electron chi connectivity index (χ0n) is 10.9. The lowest BCUT2D eigenvalue weighted by molar-refractivity contribution is 0.0936. The van der Waals surface area contributed by atoms with Gasteiger partial charge in [-0.25, -0.2) is 0 Å². The number of rotatable bonds is 4. The topological polar surface area (TPSA) is 29.1 Å². The van der Waals surface area contributed by atoms with E-state index in [1.54, 1.807) is 24.3 Å². The average Bonchev–Trinajstić information content (AvgIpc) is 2.45. The van der Waals surface area contributed by atoms with Crippen LogP contribution >= 0.6 is 23.2 Å². The van der Waals surface area contributed by atoms with E-state index in [1.165, 1.54) is 19.3 Å². The summed E-state index contributed by atoms with van der Waals surface area (Å²) in [5.74, 6) is 1.72. The molecule has 1 aromatic carbocycles. The highest BCUT2D eigenvalue weighted by Gasteiger charge is 2.24. The molecule has 2 nitrogen and oxygen atoms in total. The van der Waals surface area contributed by atoms with Crippen LogP contribution < -0.4 is 5.32 Å². The second-order valence-electron chi connectivity index (χ2n) is 5.18. The van der Waals surface area contributed by atoms with Crippen LogP contribution in [0.15, 0.2) is 24.3 Å². The molecular weight excluding hydrogens is 281 g/mol. The number of alkyl halides is 1. The van der Waals surface area contributed by atoms with Gasteiger partial charge < -0.3 is 5.32 Å². The van der Waals surface area contributed by atoms with Crippen LogP contribution in [-0.4, -0.2) is 18.3 Å². The van der Waals surface area contributed by atoms with Crippen molar-refractivity contribution < 1.29 is 4.79 Å². The first-order valence-electron chi connectivity index (χ1n) is 6.80. The summed E-state index contributed by atoms with van der Waals surface area (Å²) in [7, 11) is 0. The first kappa shape index (κ1) is 14.7. The molecule has 0 aromatic heterocycles. The molecule has 0 saturated heterocycles. The normalized spacial score (nSPS) is 23.1. The van der Waals surface area contributed by atoms with Crippen LogP contribution in [0, 0.1) is 11.8 Å². The van der Waals surface area contributed by atoms with Gasteiger partial charge in [0.2, 0.25) is 0 Å². The fourth-order valence-corrected chi connectivity index (χ4v) is 3.22. The smallest absolute Gasteiger partial charge is 0.251 e. The van der Waals surface area contributed by atoms with Crippen molar-refractivity contribution in [2.75, 3.05) is 12.4 Å². The number of hydrogen-bond acceptors (Lipinski definition) is 1. The van der Waals surface area contributed by atoms with Crippen molar-refractivity contribution in [3.63, 3.8) is 0 Å². The van der Waals surface area contributed by atoms with Crippen molar-refractivity contribution in [2.45, 2.75) is 25.7 Å². The second-order valence-corrected chi connectivity index (χ2v) is 5.92. The third-order valence-electron chi connectivity index (χ3n) is 3.90. The number of hydrogen-bond donors (Lipinski definition) is 1. The zero-order valence-corrected chi connectivity index (χ0v) is 12.4. The highest BCUT2D eigenvalue weighted by molar-refractivity contribution is 6.30. The summed E-state index contributed by atoms with van der Waals surface area (Å²) in [6, 6.07) is 6.96. The van der Waals surface area contributed by atoms with Crippen molar-refractivity contribution >= 4 is 29.1 Å². The molecule has 0 bridgehead atoms. The van der Waals surface area contributed by atoms with E-state index in [0.29, 0.717) is 28.3 Å². The molecule has 104 valence electrons. The fraction of sp³-hybridized carbons (Fsp3) is 0.533. The maximum atomic E-state index is 12.0. The van der Waals surface area contributed by atoms with Crippen molar-refractivity contribution in [1.82, 2.24) is 5.32 Å². The Balaban J connectivity index is 1.87. The molecule has 1 aliphatic carbocycles. The molecule has 0 aliphatic heterocycles. The van der Waals surface area contributed by atoms with Crippen LogP contribution in [0.2, 0.25) is 5.02 Å². The van der Waals surface area contributed by atoms with Crippen molar-refractivity contribution in [3.8, 4) is 0 Å². The summed E-state index contributed by atoms with van der Waals surface area (Å²) in [5.41, 5.74) is 0.655. The molecule has 1 aromatic rings. The summed E-state index contributed by atoms with van der Waals surface area (Å²) < 4.78 is 0. The number of carbonyl (C=O) groups is 1. The Labute approximate surface area is 124 Å². The Bertz CT molecular complexity index is 419. The van der Waals surface area contributed by atoms with Crippen molar-refractivity contribution in [2.24, 2.45) is 11.8 Å². The second kappa shape index (κ2) is 7.16. The summed E-state index contributed by atoms with van der Waals surface area (Å²) >= 11 is 11.8. The lowest BCUT2D eigenvalue weighted by atomic mass is 9.80. The minimum Gasteiger partial charge on any atom is -0.352 e. The van der Waals surface area contributed by atoms with Gasteiger partial charge in [0, 0.05) is 23.0 Å². The summed E-state index contributed by atoms with van der Waals surface area (Å²) in [6.07, 6.45) is 4.86. The summed E-state index contributed by atoms with van der Waals surface area (Å²) in [5, 5.41) is 3.66. The molecular formula is C15H19Cl2NO. The van der Waals surface area contributed by atoms with E-state index in [2.05, 4.69) is 5.32 Å². The van der Waals surface area contributed by atoms with E-state index in [-0.39, 0.29) is 5.91 Å². The van der Waals surface area contributed by atoms with E-state index in [4.69, 9.17) is 23.2 Å². The standard InChI is InChI=1S/C15H19Cl2NO/c16-9-12-3-1-2-4-13(12)10-18-15(19)11-5-7-14(17)8-6-11/h5-8,12-13H,1-4,9-10H2,(H,18,19). The molecule has 1 saturated carbocycles. The van der Waals surface area contributed by atoms with E-state index in [1.807, 2.05) is 0 Å². The van der Waals surface area contributed by atoms with Gasteiger partial charge in [0.1, 0.15) is 0 Å². The molecule has 1 N–H and O–H groups in total. The molecule has 2 atom stereocenters. The van der Waals surface area contributed by atoms with E-state index in [0.717, 1.165) is 13.0 Å². The summed E-state index contributed by atoms with van der Waals surface area (Å²) in [6.45, 7) is 0.721. The highest BCUT2D eigenvalue weighted by atomic mass is 35.5. The fourth-order valence-electron chi connectivity index (χ4n) is 2.68. The Kier molecular flexibility index (Phi) is 5.53. The Hall–Kier alpha value is -0.730. The largest absolute Gasteiger partial charge is 0.352 e. The van der Waals surface area contributed by atoms with Gasteiger partial charge in [0.15, 0.2) is 0 Å². The monoisotopic (exact) mass is 299 g/mol. The quantitative estimate of drug-likeness (QED) is 0.833. The van der Waals surface area contributed by atoms with Crippen molar-refractivity contribution in [1.29, 1.82) is 0 Å². The van der Waals surface area contributed by atoms with Gasteiger partial charge in [0.05, 0.1) is 0 Å². The van der Waals surface area contributed by atoms with Crippen LogP contribution in [-0.2, 0) is 0 Å². The number of halogens is 2. The summed E-state index contributed by atoms with van der Waals surface area (Å²) in [4.78, 5) is 12.0. The third kappa shape index (κ3) is 4.12. The number of nitrogens with one attached hydrogen (secondary N) is 1. The van der Waals surface area contributed by atoms with Gasteiger partial charge in [0.25, 0.3) is 5.91 Å². The van der Waals surface area contributed by atoms with E-state index >= 15 is 0 Å². The third-order valence-corrected chi connectivity index (χ3v) is 4.54. The maximum absolute atomic E-state index is 12.0. The molecule has 1 fully saturated rings. The predicted molar refractivity (Wildman–Crippen MR) is 80.0 cm³/mol. The lowest BCUT2D eigenvalue weighted by Crippen LogP contribution is -2.34. The van der Waals surface area contributed by atoms with Gasteiger partial charge in [-0.3, -0.25) is 4.79 Å². The molecule has 1 amide bonds. The molecule has 2 unspecified atom stereocenters. The van der Waals surface area contributed by atoms with Gasteiger partial charge >= 0.3 is 0 Å². The van der Waals surface area contributed by atoms with Crippen LogP contribution in [0.5, 0.6) is 0 Å². The molecule has 0 spiro atoms. The number of benzene rings is 1. The Morgan fingerprint density at radius 2 is 1.79 bits per heavy atom. The van der Waals surface area contributed by atoms with Crippen molar-refractivity contribution in [3.05, 3.63) is 34.9 Å². The minimum atomic E-state index is -0.0319.